The largest absolute Gasteiger partial charge is 0.481 e. The van der Waals surface area contributed by atoms with Crippen molar-refractivity contribution in [1.29, 1.82) is 0 Å². The molecule has 0 fully saturated rings. The predicted octanol–water partition coefficient (Wildman–Crippen LogP) is 1.16. The minimum Gasteiger partial charge on any atom is -0.481 e. The molecule has 5 heteroatoms. The van der Waals surface area contributed by atoms with E-state index in [1.54, 1.807) is 38.1 Å². The smallest absolute Gasteiger partial charge is 0.305 e. The van der Waals surface area contributed by atoms with E-state index in [9.17, 15) is 9.59 Å². The average Bonchev–Trinajstić information content (AvgIpc) is 2.26. The van der Waals surface area contributed by atoms with Crippen LogP contribution in [-0.2, 0) is 11.4 Å². The lowest BCUT2D eigenvalue weighted by atomic mass is 10.00. The van der Waals surface area contributed by atoms with Gasteiger partial charge in [-0.25, -0.2) is 0 Å². The van der Waals surface area contributed by atoms with Crippen LogP contribution in [0, 0.1) is 0 Å². The van der Waals surface area contributed by atoms with Gasteiger partial charge in [0.25, 0.3) is 5.91 Å². The standard InChI is InChI=1S/C13H17NO4/c1-13(2,7-11(16)17)14-12(18)10-5-3-9(8-15)4-6-10/h3-6,15H,7-8H2,1-2H3,(H,14,18)(H,16,17). The van der Waals surface area contributed by atoms with Crippen molar-refractivity contribution in [2.75, 3.05) is 0 Å². The van der Waals surface area contributed by atoms with Crippen molar-refractivity contribution >= 4 is 11.9 Å². The molecule has 0 bridgehead atoms. The van der Waals surface area contributed by atoms with Gasteiger partial charge < -0.3 is 15.5 Å². The van der Waals surface area contributed by atoms with Gasteiger partial charge in [0.05, 0.1) is 13.0 Å². The van der Waals surface area contributed by atoms with Crippen molar-refractivity contribution in [3.8, 4) is 0 Å². The molecule has 0 saturated carbocycles. The highest BCUT2D eigenvalue weighted by Gasteiger charge is 2.24. The molecule has 0 aromatic heterocycles. The predicted molar refractivity (Wildman–Crippen MR) is 66.2 cm³/mol. The SMILES string of the molecule is CC(C)(CC(=O)O)NC(=O)c1ccc(CO)cc1. The highest BCUT2D eigenvalue weighted by molar-refractivity contribution is 5.94. The third-order valence-electron chi connectivity index (χ3n) is 2.44. The second kappa shape index (κ2) is 5.64. The van der Waals surface area contributed by atoms with Gasteiger partial charge in [0.2, 0.25) is 0 Å². The monoisotopic (exact) mass is 251 g/mol. The van der Waals surface area contributed by atoms with Gasteiger partial charge in [-0.1, -0.05) is 12.1 Å². The topological polar surface area (TPSA) is 86.6 Å². The first-order valence-electron chi connectivity index (χ1n) is 5.58. The van der Waals surface area contributed by atoms with Gasteiger partial charge in [0.15, 0.2) is 0 Å². The lowest BCUT2D eigenvalue weighted by Gasteiger charge is -2.24. The molecular weight excluding hydrogens is 234 g/mol. The summed E-state index contributed by atoms with van der Waals surface area (Å²) in [6.07, 6.45) is -0.145. The van der Waals surface area contributed by atoms with E-state index >= 15 is 0 Å². The Labute approximate surface area is 105 Å². The number of nitrogens with one attached hydrogen (secondary N) is 1. The molecule has 5 nitrogen and oxygen atoms in total. The Balaban J connectivity index is 2.72. The third kappa shape index (κ3) is 4.18. The number of amides is 1. The Morgan fingerprint density at radius 1 is 1.22 bits per heavy atom. The summed E-state index contributed by atoms with van der Waals surface area (Å²) in [6, 6.07) is 6.49. The molecule has 0 aliphatic rings. The highest BCUT2D eigenvalue weighted by atomic mass is 16.4. The van der Waals surface area contributed by atoms with E-state index in [2.05, 4.69) is 5.32 Å². The number of aliphatic hydroxyl groups is 1. The van der Waals surface area contributed by atoms with Gasteiger partial charge in [0.1, 0.15) is 0 Å². The van der Waals surface area contributed by atoms with Crippen molar-refractivity contribution in [3.63, 3.8) is 0 Å². The number of hydrogen-bond acceptors (Lipinski definition) is 3. The number of carbonyl (C=O) groups is 2. The summed E-state index contributed by atoms with van der Waals surface area (Å²) in [6.45, 7) is 3.23. The van der Waals surface area contributed by atoms with Crippen molar-refractivity contribution < 1.29 is 19.8 Å². The first kappa shape index (κ1) is 14.2. The van der Waals surface area contributed by atoms with Crippen LogP contribution in [0.2, 0.25) is 0 Å². The molecule has 1 rings (SSSR count). The van der Waals surface area contributed by atoms with Crippen LogP contribution in [0.4, 0.5) is 0 Å². The molecule has 0 aliphatic carbocycles. The van der Waals surface area contributed by atoms with E-state index in [4.69, 9.17) is 10.2 Å². The summed E-state index contributed by atoms with van der Waals surface area (Å²) in [7, 11) is 0. The molecule has 0 spiro atoms. The zero-order valence-electron chi connectivity index (χ0n) is 10.4. The number of carboxylic acid groups (broad SMARTS) is 1. The Morgan fingerprint density at radius 2 is 1.78 bits per heavy atom. The number of aliphatic carboxylic acids is 1. The molecule has 0 radical (unpaired) electrons. The maximum absolute atomic E-state index is 11.9. The van der Waals surface area contributed by atoms with Crippen molar-refractivity contribution in [3.05, 3.63) is 35.4 Å². The summed E-state index contributed by atoms with van der Waals surface area (Å²) in [5, 5.41) is 20.3. The number of carbonyl (C=O) groups excluding carboxylic acids is 1. The van der Waals surface area contributed by atoms with Gasteiger partial charge in [-0.05, 0) is 31.5 Å². The van der Waals surface area contributed by atoms with Crippen molar-refractivity contribution in [1.82, 2.24) is 5.32 Å². The molecule has 3 N–H and O–H groups in total. The van der Waals surface area contributed by atoms with Gasteiger partial charge >= 0.3 is 5.97 Å². The maximum atomic E-state index is 11.9. The second-order valence-corrected chi connectivity index (χ2v) is 4.76. The number of benzene rings is 1. The number of hydrogen-bond donors (Lipinski definition) is 3. The second-order valence-electron chi connectivity index (χ2n) is 4.76. The van der Waals surface area contributed by atoms with E-state index in [0.717, 1.165) is 5.56 Å². The first-order valence-corrected chi connectivity index (χ1v) is 5.58. The molecule has 0 saturated heterocycles. The van der Waals surface area contributed by atoms with E-state index in [-0.39, 0.29) is 18.9 Å². The van der Waals surface area contributed by atoms with Gasteiger partial charge in [-0.15, -0.1) is 0 Å². The van der Waals surface area contributed by atoms with Crippen LogP contribution in [-0.4, -0.2) is 27.6 Å². The summed E-state index contributed by atoms with van der Waals surface area (Å²) < 4.78 is 0. The summed E-state index contributed by atoms with van der Waals surface area (Å²) in [5.41, 5.74) is 0.348. The molecular formula is C13H17NO4. The van der Waals surface area contributed by atoms with E-state index in [0.29, 0.717) is 5.56 Å². The van der Waals surface area contributed by atoms with Crippen LogP contribution < -0.4 is 5.32 Å². The summed E-state index contributed by atoms with van der Waals surface area (Å²) >= 11 is 0. The Morgan fingerprint density at radius 3 is 2.22 bits per heavy atom. The molecule has 0 aliphatic heterocycles. The fourth-order valence-electron chi connectivity index (χ4n) is 1.56. The highest BCUT2D eigenvalue weighted by Crippen LogP contribution is 2.11. The Kier molecular flexibility index (Phi) is 4.44. The first-order chi connectivity index (χ1) is 8.34. The molecule has 98 valence electrons. The van der Waals surface area contributed by atoms with Crippen molar-refractivity contribution in [2.45, 2.75) is 32.4 Å². The summed E-state index contributed by atoms with van der Waals surface area (Å²) in [5.74, 6) is -1.29. The summed E-state index contributed by atoms with van der Waals surface area (Å²) in [4.78, 5) is 22.5. The average molecular weight is 251 g/mol. The molecule has 0 atom stereocenters. The minimum absolute atomic E-state index is 0.0770. The van der Waals surface area contributed by atoms with E-state index in [1.165, 1.54) is 0 Å². The van der Waals surface area contributed by atoms with Gasteiger partial charge in [-0.2, -0.15) is 0 Å². The number of carboxylic acids is 1. The normalized spacial score (nSPS) is 11.1. The molecule has 1 aromatic rings. The lowest BCUT2D eigenvalue weighted by Crippen LogP contribution is -2.44. The molecule has 1 amide bonds. The minimum atomic E-state index is -0.962. The molecule has 18 heavy (non-hydrogen) atoms. The Hall–Kier alpha value is -1.88. The zero-order chi connectivity index (χ0) is 13.8. The fourth-order valence-corrected chi connectivity index (χ4v) is 1.56. The zero-order valence-corrected chi connectivity index (χ0v) is 10.4. The fraction of sp³-hybridized carbons (Fsp3) is 0.385. The van der Waals surface area contributed by atoms with Crippen LogP contribution in [0.3, 0.4) is 0 Å². The lowest BCUT2D eigenvalue weighted by molar-refractivity contribution is -0.138. The van der Waals surface area contributed by atoms with Crippen LogP contribution in [0.25, 0.3) is 0 Å². The number of aliphatic hydroxyl groups excluding tert-OH is 1. The van der Waals surface area contributed by atoms with E-state index < -0.39 is 11.5 Å². The van der Waals surface area contributed by atoms with Crippen LogP contribution in [0.5, 0.6) is 0 Å². The van der Waals surface area contributed by atoms with Gasteiger partial charge in [0, 0.05) is 11.1 Å². The molecule has 1 aromatic carbocycles. The van der Waals surface area contributed by atoms with Crippen LogP contribution >= 0.6 is 0 Å². The Bertz CT molecular complexity index is 437. The van der Waals surface area contributed by atoms with Crippen LogP contribution in [0.15, 0.2) is 24.3 Å². The van der Waals surface area contributed by atoms with Crippen molar-refractivity contribution in [2.24, 2.45) is 0 Å². The molecule has 0 unspecified atom stereocenters. The quantitative estimate of drug-likeness (QED) is 0.733. The van der Waals surface area contributed by atoms with Gasteiger partial charge in [-0.3, -0.25) is 9.59 Å². The molecule has 0 heterocycles. The maximum Gasteiger partial charge on any atom is 0.305 e. The van der Waals surface area contributed by atoms with Crippen LogP contribution in [0.1, 0.15) is 36.2 Å². The van der Waals surface area contributed by atoms with E-state index in [1.807, 2.05) is 0 Å². The number of rotatable bonds is 5. The third-order valence-corrected chi connectivity index (χ3v) is 2.44.